The lowest BCUT2D eigenvalue weighted by atomic mass is 10.1. The Hall–Kier alpha value is -3.94. The van der Waals surface area contributed by atoms with Gasteiger partial charge in [0.1, 0.15) is 11.7 Å². The third-order valence-corrected chi connectivity index (χ3v) is 5.32. The Morgan fingerprint density at radius 3 is 2.32 bits per heavy atom. The van der Waals surface area contributed by atoms with E-state index < -0.39 is 11.9 Å². The summed E-state index contributed by atoms with van der Waals surface area (Å²) < 4.78 is 0. The maximum absolute atomic E-state index is 12.9. The molecule has 1 heterocycles. The predicted molar refractivity (Wildman–Crippen MR) is 131 cm³/mol. The van der Waals surface area contributed by atoms with Gasteiger partial charge in [-0.15, -0.1) is 0 Å². The fraction of sp³-hybridized carbons (Fsp3) is 0.308. The number of aromatic nitrogens is 2. The van der Waals surface area contributed by atoms with Crippen LogP contribution in [0.2, 0.25) is 0 Å². The number of rotatable bonds is 10. The van der Waals surface area contributed by atoms with Crippen LogP contribution >= 0.6 is 0 Å². The van der Waals surface area contributed by atoms with Gasteiger partial charge in [0, 0.05) is 24.2 Å². The largest absolute Gasteiger partial charge is 0.354 e. The summed E-state index contributed by atoms with van der Waals surface area (Å²) in [5.74, 6) is -0.734. The van der Waals surface area contributed by atoms with Crippen LogP contribution in [-0.4, -0.2) is 47.1 Å². The van der Waals surface area contributed by atoms with Gasteiger partial charge < -0.3 is 16.0 Å². The second-order valence-electron chi connectivity index (χ2n) is 8.61. The lowest BCUT2D eigenvalue weighted by Gasteiger charge is -2.19. The van der Waals surface area contributed by atoms with Gasteiger partial charge in [0.05, 0.1) is 5.69 Å². The second kappa shape index (κ2) is 11.8. The molecular weight excluding hydrogens is 430 g/mol. The van der Waals surface area contributed by atoms with Crippen LogP contribution in [0.4, 0.5) is 0 Å². The maximum atomic E-state index is 12.9. The third-order valence-electron chi connectivity index (χ3n) is 5.32. The zero-order chi connectivity index (χ0) is 24.5. The van der Waals surface area contributed by atoms with Crippen LogP contribution in [0.15, 0.2) is 60.7 Å². The van der Waals surface area contributed by atoms with Gasteiger partial charge in [-0.3, -0.25) is 19.5 Å². The van der Waals surface area contributed by atoms with Gasteiger partial charge in [0.2, 0.25) is 5.91 Å². The van der Waals surface area contributed by atoms with Gasteiger partial charge in [-0.2, -0.15) is 5.10 Å². The van der Waals surface area contributed by atoms with Crippen LogP contribution in [0.1, 0.15) is 46.7 Å². The van der Waals surface area contributed by atoms with Crippen LogP contribution in [-0.2, 0) is 4.79 Å². The Kier molecular flexibility index (Phi) is 8.56. The fourth-order valence-corrected chi connectivity index (χ4v) is 3.25. The predicted octanol–water partition coefficient (Wildman–Crippen LogP) is 3.08. The Morgan fingerprint density at radius 1 is 0.941 bits per heavy atom. The summed E-state index contributed by atoms with van der Waals surface area (Å²) in [7, 11) is 0. The summed E-state index contributed by atoms with van der Waals surface area (Å²) in [6.45, 7) is 6.50. The molecule has 0 aliphatic heterocycles. The molecule has 0 fully saturated rings. The van der Waals surface area contributed by atoms with Crippen molar-refractivity contribution >= 4 is 17.7 Å². The molecule has 1 aromatic heterocycles. The van der Waals surface area contributed by atoms with Crippen molar-refractivity contribution < 1.29 is 14.4 Å². The topological polar surface area (TPSA) is 116 Å². The number of nitrogens with one attached hydrogen (secondary N) is 4. The van der Waals surface area contributed by atoms with Crippen molar-refractivity contribution in [1.82, 2.24) is 26.1 Å². The number of aromatic amines is 1. The highest BCUT2D eigenvalue weighted by molar-refractivity contribution is 5.98. The van der Waals surface area contributed by atoms with Crippen molar-refractivity contribution in [3.05, 3.63) is 77.5 Å². The number of carbonyl (C=O) groups excluding carboxylic acids is 3. The quantitative estimate of drug-likeness (QED) is 0.371. The van der Waals surface area contributed by atoms with E-state index in [-0.39, 0.29) is 24.1 Å². The molecule has 0 unspecified atom stereocenters. The second-order valence-corrected chi connectivity index (χ2v) is 8.61. The highest BCUT2D eigenvalue weighted by Gasteiger charge is 2.23. The van der Waals surface area contributed by atoms with E-state index in [1.54, 1.807) is 18.2 Å². The van der Waals surface area contributed by atoms with E-state index in [1.807, 2.05) is 49.4 Å². The zero-order valence-corrected chi connectivity index (χ0v) is 19.7. The molecule has 3 aromatic rings. The Bertz CT molecular complexity index is 1110. The molecule has 0 saturated heterocycles. The summed E-state index contributed by atoms with van der Waals surface area (Å²) in [5.41, 5.74) is 3.24. The fourth-order valence-electron chi connectivity index (χ4n) is 3.25. The SMILES string of the molecule is Cc1ccc(C(=O)NC[C@H](NC(=O)c2cc(-c3ccccc3)n[nH]2)C(=O)NCCC(C)C)cc1. The minimum atomic E-state index is -0.947. The molecular formula is C26H31N5O3. The number of H-pyrrole nitrogens is 1. The zero-order valence-electron chi connectivity index (χ0n) is 19.7. The molecule has 0 aliphatic rings. The van der Waals surface area contributed by atoms with Crippen LogP contribution in [0.3, 0.4) is 0 Å². The summed E-state index contributed by atoms with van der Waals surface area (Å²) in [6, 6.07) is 17.3. The first-order valence-electron chi connectivity index (χ1n) is 11.4. The number of carbonyl (C=O) groups is 3. The Balaban J connectivity index is 1.67. The maximum Gasteiger partial charge on any atom is 0.270 e. The summed E-state index contributed by atoms with van der Waals surface area (Å²) >= 11 is 0. The van der Waals surface area contributed by atoms with E-state index in [0.29, 0.717) is 23.7 Å². The first-order valence-corrected chi connectivity index (χ1v) is 11.4. The number of aryl methyl sites for hydroxylation is 1. The summed E-state index contributed by atoms with van der Waals surface area (Å²) in [6.07, 6.45) is 0.809. The number of benzene rings is 2. The first-order chi connectivity index (χ1) is 16.3. The van der Waals surface area contributed by atoms with Gasteiger partial charge in [0.25, 0.3) is 11.8 Å². The number of amides is 3. The number of hydrogen-bond acceptors (Lipinski definition) is 4. The average molecular weight is 462 g/mol. The Morgan fingerprint density at radius 2 is 1.65 bits per heavy atom. The van der Waals surface area contributed by atoms with Crippen molar-refractivity contribution in [2.45, 2.75) is 33.2 Å². The molecule has 1 atom stereocenters. The van der Waals surface area contributed by atoms with E-state index >= 15 is 0 Å². The molecule has 4 N–H and O–H groups in total. The number of nitrogens with zero attached hydrogens (tertiary/aromatic N) is 1. The van der Waals surface area contributed by atoms with Gasteiger partial charge in [-0.05, 0) is 37.5 Å². The van der Waals surface area contributed by atoms with Gasteiger partial charge in [-0.25, -0.2) is 0 Å². The van der Waals surface area contributed by atoms with Crippen LogP contribution in [0.25, 0.3) is 11.3 Å². The minimum Gasteiger partial charge on any atom is -0.354 e. The lowest BCUT2D eigenvalue weighted by molar-refractivity contribution is -0.122. The van der Waals surface area contributed by atoms with Gasteiger partial charge in [-0.1, -0.05) is 61.9 Å². The molecule has 2 aromatic carbocycles. The van der Waals surface area contributed by atoms with E-state index in [1.165, 1.54) is 0 Å². The molecule has 3 rings (SSSR count). The van der Waals surface area contributed by atoms with Gasteiger partial charge in [0.15, 0.2) is 0 Å². The van der Waals surface area contributed by atoms with E-state index in [2.05, 4.69) is 40.0 Å². The molecule has 3 amide bonds. The normalized spacial score (nSPS) is 11.6. The third kappa shape index (κ3) is 7.03. The van der Waals surface area contributed by atoms with Crippen molar-refractivity contribution in [1.29, 1.82) is 0 Å². The van der Waals surface area contributed by atoms with E-state index in [4.69, 9.17) is 0 Å². The van der Waals surface area contributed by atoms with E-state index in [0.717, 1.165) is 17.5 Å². The monoisotopic (exact) mass is 461 g/mol. The van der Waals surface area contributed by atoms with Crippen molar-refractivity contribution in [2.24, 2.45) is 5.92 Å². The molecule has 8 heteroatoms. The molecule has 0 bridgehead atoms. The van der Waals surface area contributed by atoms with Crippen molar-refractivity contribution in [3.63, 3.8) is 0 Å². The molecule has 34 heavy (non-hydrogen) atoms. The molecule has 178 valence electrons. The average Bonchev–Trinajstić information content (AvgIpc) is 3.33. The molecule has 0 spiro atoms. The first kappa shape index (κ1) is 24.7. The van der Waals surface area contributed by atoms with E-state index in [9.17, 15) is 14.4 Å². The van der Waals surface area contributed by atoms with Crippen LogP contribution in [0.5, 0.6) is 0 Å². The van der Waals surface area contributed by atoms with Gasteiger partial charge >= 0.3 is 0 Å². The summed E-state index contributed by atoms with van der Waals surface area (Å²) in [5, 5.41) is 15.2. The van der Waals surface area contributed by atoms with Crippen molar-refractivity contribution in [3.8, 4) is 11.3 Å². The highest BCUT2D eigenvalue weighted by atomic mass is 16.2. The standard InChI is InChI=1S/C26H31N5O3/c1-17(2)13-14-27-25(33)23(16-28-24(32)20-11-9-18(3)10-12-20)29-26(34)22-15-21(30-31-22)19-7-5-4-6-8-19/h4-12,15,17,23H,13-14,16H2,1-3H3,(H,27,33)(H,28,32)(H,29,34)(H,30,31)/t23-/m0/s1. The molecule has 8 nitrogen and oxygen atoms in total. The summed E-state index contributed by atoms with van der Waals surface area (Å²) in [4.78, 5) is 38.2. The Labute approximate surface area is 199 Å². The van der Waals surface area contributed by atoms with Crippen molar-refractivity contribution in [2.75, 3.05) is 13.1 Å². The van der Waals surface area contributed by atoms with Crippen LogP contribution < -0.4 is 16.0 Å². The highest BCUT2D eigenvalue weighted by Crippen LogP contribution is 2.16. The lowest BCUT2D eigenvalue weighted by Crippen LogP contribution is -2.53. The molecule has 0 aliphatic carbocycles. The number of hydrogen-bond donors (Lipinski definition) is 4. The minimum absolute atomic E-state index is 0.0500. The molecule has 0 radical (unpaired) electrons. The smallest absolute Gasteiger partial charge is 0.270 e. The molecule has 0 saturated carbocycles. The van der Waals surface area contributed by atoms with Crippen LogP contribution in [0, 0.1) is 12.8 Å².